The van der Waals surface area contributed by atoms with E-state index in [1.165, 1.54) is 16.2 Å². The molecule has 1 aromatic rings. The average Bonchev–Trinajstić information content (AvgIpc) is 2.74. The molecule has 3 N–H and O–H groups in total. The normalized spacial score (nSPS) is 14.4. The number of fused-ring (bicyclic) bond motifs is 1. The van der Waals surface area contributed by atoms with Crippen LogP contribution in [0.5, 0.6) is 0 Å². The maximum atomic E-state index is 12.0. The Morgan fingerprint density at radius 2 is 1.94 bits per heavy atom. The Hall–Kier alpha value is -1.36. The summed E-state index contributed by atoms with van der Waals surface area (Å²) in [5.41, 5.74) is 6.51. The standard InChI is InChI=1S/C13H18N2O2S/c1-13(2,3)12(17)15-11-9(10(14)16)7-5-4-6-8(7)18-11/h4-6H2,1-3H3,(H2,14,16)(H,15,17). The maximum Gasteiger partial charge on any atom is 0.251 e. The molecule has 1 heterocycles. The van der Waals surface area contributed by atoms with Crippen molar-refractivity contribution in [2.75, 3.05) is 5.32 Å². The van der Waals surface area contributed by atoms with Crippen LogP contribution in [0.4, 0.5) is 5.00 Å². The minimum Gasteiger partial charge on any atom is -0.365 e. The zero-order valence-corrected chi connectivity index (χ0v) is 11.7. The van der Waals surface area contributed by atoms with Gasteiger partial charge in [-0.05, 0) is 24.8 Å². The molecule has 1 aromatic heterocycles. The number of aryl methyl sites for hydroxylation is 1. The number of rotatable bonds is 2. The number of carbonyl (C=O) groups excluding carboxylic acids is 2. The number of hydrogen-bond donors (Lipinski definition) is 2. The fourth-order valence-corrected chi connectivity index (χ4v) is 3.33. The van der Waals surface area contributed by atoms with Crippen LogP contribution in [-0.4, -0.2) is 11.8 Å². The quantitative estimate of drug-likeness (QED) is 0.862. The van der Waals surface area contributed by atoms with Gasteiger partial charge in [0.15, 0.2) is 0 Å². The van der Waals surface area contributed by atoms with Gasteiger partial charge in [-0.25, -0.2) is 0 Å². The number of nitrogens with two attached hydrogens (primary N) is 1. The van der Waals surface area contributed by atoms with Crippen LogP contribution in [-0.2, 0) is 17.6 Å². The van der Waals surface area contributed by atoms with Gasteiger partial charge in [0, 0.05) is 10.3 Å². The summed E-state index contributed by atoms with van der Waals surface area (Å²) < 4.78 is 0. The van der Waals surface area contributed by atoms with Gasteiger partial charge in [0.1, 0.15) is 5.00 Å². The largest absolute Gasteiger partial charge is 0.365 e. The first-order chi connectivity index (χ1) is 8.30. The molecule has 98 valence electrons. The average molecular weight is 266 g/mol. The summed E-state index contributed by atoms with van der Waals surface area (Å²) >= 11 is 1.49. The van der Waals surface area contributed by atoms with E-state index in [0.29, 0.717) is 10.6 Å². The molecule has 0 saturated carbocycles. The van der Waals surface area contributed by atoms with Crippen LogP contribution in [0.25, 0.3) is 0 Å². The van der Waals surface area contributed by atoms with E-state index in [9.17, 15) is 9.59 Å². The van der Waals surface area contributed by atoms with Gasteiger partial charge in [0.2, 0.25) is 5.91 Å². The first-order valence-electron chi connectivity index (χ1n) is 6.06. The first-order valence-corrected chi connectivity index (χ1v) is 6.88. The molecule has 18 heavy (non-hydrogen) atoms. The SMILES string of the molecule is CC(C)(C)C(=O)Nc1sc2c(c1C(N)=O)CCC2. The van der Waals surface area contributed by atoms with Crippen LogP contribution < -0.4 is 11.1 Å². The number of amides is 2. The predicted octanol–water partition coefficient (Wildman–Crippen LogP) is 2.32. The van der Waals surface area contributed by atoms with Crippen molar-refractivity contribution in [3.05, 3.63) is 16.0 Å². The third-order valence-electron chi connectivity index (χ3n) is 3.08. The molecule has 0 aromatic carbocycles. The predicted molar refractivity (Wildman–Crippen MR) is 72.9 cm³/mol. The summed E-state index contributed by atoms with van der Waals surface area (Å²) in [6, 6.07) is 0. The Morgan fingerprint density at radius 3 is 2.50 bits per heavy atom. The van der Waals surface area contributed by atoms with Crippen molar-refractivity contribution in [2.24, 2.45) is 11.1 Å². The van der Waals surface area contributed by atoms with Crippen molar-refractivity contribution in [1.82, 2.24) is 0 Å². The molecular formula is C13H18N2O2S. The van der Waals surface area contributed by atoms with Crippen LogP contribution in [0.1, 0.15) is 48.0 Å². The third kappa shape index (κ3) is 2.27. The Kier molecular flexibility index (Phi) is 3.19. The second kappa shape index (κ2) is 4.39. The van der Waals surface area contributed by atoms with Crippen LogP contribution in [0.3, 0.4) is 0 Å². The molecule has 0 radical (unpaired) electrons. The van der Waals surface area contributed by atoms with Crippen molar-refractivity contribution >= 4 is 28.2 Å². The molecule has 0 bridgehead atoms. The molecule has 0 fully saturated rings. The van der Waals surface area contributed by atoms with Crippen molar-refractivity contribution in [3.8, 4) is 0 Å². The van der Waals surface area contributed by atoms with Crippen LogP contribution in [0.2, 0.25) is 0 Å². The van der Waals surface area contributed by atoms with E-state index in [-0.39, 0.29) is 5.91 Å². The lowest BCUT2D eigenvalue weighted by atomic mass is 9.96. The van der Waals surface area contributed by atoms with Crippen molar-refractivity contribution in [1.29, 1.82) is 0 Å². The topological polar surface area (TPSA) is 72.2 Å². The number of primary amides is 1. The van der Waals surface area contributed by atoms with Gasteiger partial charge in [-0.3, -0.25) is 9.59 Å². The lowest BCUT2D eigenvalue weighted by molar-refractivity contribution is -0.123. The number of thiophene rings is 1. The molecule has 0 unspecified atom stereocenters. The smallest absolute Gasteiger partial charge is 0.251 e. The van der Waals surface area contributed by atoms with Gasteiger partial charge < -0.3 is 11.1 Å². The van der Waals surface area contributed by atoms with E-state index in [4.69, 9.17) is 5.73 Å². The molecule has 0 spiro atoms. The summed E-state index contributed by atoms with van der Waals surface area (Å²) in [7, 11) is 0. The van der Waals surface area contributed by atoms with E-state index < -0.39 is 11.3 Å². The second-order valence-corrected chi connectivity index (χ2v) is 6.74. The molecule has 5 heteroatoms. The molecule has 2 rings (SSSR count). The second-order valence-electron chi connectivity index (χ2n) is 5.63. The first kappa shape index (κ1) is 13.1. The highest BCUT2D eigenvalue weighted by molar-refractivity contribution is 7.17. The van der Waals surface area contributed by atoms with E-state index >= 15 is 0 Å². The number of carbonyl (C=O) groups is 2. The zero-order chi connectivity index (χ0) is 13.5. The minimum atomic E-state index is -0.483. The van der Waals surface area contributed by atoms with E-state index in [2.05, 4.69) is 5.32 Å². The fourth-order valence-electron chi connectivity index (χ4n) is 2.04. The highest BCUT2D eigenvalue weighted by Crippen LogP contribution is 2.39. The molecule has 0 saturated heterocycles. The van der Waals surface area contributed by atoms with Gasteiger partial charge in [-0.2, -0.15) is 0 Å². The molecule has 2 amide bonds. The molecule has 0 atom stereocenters. The van der Waals surface area contributed by atoms with Crippen LogP contribution in [0.15, 0.2) is 0 Å². The number of nitrogens with one attached hydrogen (secondary N) is 1. The van der Waals surface area contributed by atoms with Gasteiger partial charge in [-0.1, -0.05) is 20.8 Å². The highest BCUT2D eigenvalue weighted by Gasteiger charge is 2.28. The zero-order valence-electron chi connectivity index (χ0n) is 10.9. The molecule has 4 nitrogen and oxygen atoms in total. The summed E-state index contributed by atoms with van der Waals surface area (Å²) in [5.74, 6) is -0.538. The van der Waals surface area contributed by atoms with Crippen LogP contribution in [0, 0.1) is 5.41 Å². The Labute approximate surface area is 111 Å². The van der Waals surface area contributed by atoms with Gasteiger partial charge in [0.05, 0.1) is 5.56 Å². The van der Waals surface area contributed by atoms with Gasteiger partial charge in [0.25, 0.3) is 5.91 Å². The van der Waals surface area contributed by atoms with Crippen LogP contribution >= 0.6 is 11.3 Å². The maximum absolute atomic E-state index is 12.0. The Bertz CT molecular complexity index is 512. The summed E-state index contributed by atoms with van der Waals surface area (Å²) in [6.07, 6.45) is 2.93. The van der Waals surface area contributed by atoms with Crippen molar-refractivity contribution < 1.29 is 9.59 Å². The van der Waals surface area contributed by atoms with E-state index in [1.807, 2.05) is 20.8 Å². The van der Waals surface area contributed by atoms with Crippen molar-refractivity contribution in [2.45, 2.75) is 40.0 Å². The fraction of sp³-hybridized carbons (Fsp3) is 0.538. The Balaban J connectivity index is 2.35. The lowest BCUT2D eigenvalue weighted by Crippen LogP contribution is -2.28. The number of hydrogen-bond acceptors (Lipinski definition) is 3. The highest BCUT2D eigenvalue weighted by atomic mass is 32.1. The molecule has 0 aliphatic heterocycles. The van der Waals surface area contributed by atoms with E-state index in [0.717, 1.165) is 24.8 Å². The molecule has 1 aliphatic carbocycles. The molecular weight excluding hydrogens is 248 g/mol. The van der Waals surface area contributed by atoms with Gasteiger partial charge >= 0.3 is 0 Å². The van der Waals surface area contributed by atoms with Gasteiger partial charge in [-0.15, -0.1) is 11.3 Å². The monoisotopic (exact) mass is 266 g/mol. The van der Waals surface area contributed by atoms with E-state index in [1.54, 1.807) is 0 Å². The summed E-state index contributed by atoms with van der Waals surface area (Å²) in [5, 5.41) is 3.46. The summed E-state index contributed by atoms with van der Waals surface area (Å²) in [4.78, 5) is 24.7. The molecule has 1 aliphatic rings. The summed E-state index contributed by atoms with van der Waals surface area (Å²) in [6.45, 7) is 5.52. The lowest BCUT2D eigenvalue weighted by Gasteiger charge is -2.17. The number of anilines is 1. The Morgan fingerprint density at radius 1 is 1.28 bits per heavy atom. The minimum absolute atomic E-state index is 0.0927. The third-order valence-corrected chi connectivity index (χ3v) is 4.28. The van der Waals surface area contributed by atoms with Crippen molar-refractivity contribution in [3.63, 3.8) is 0 Å².